The molecular formula is C16H21N5OS. The SMILES string of the molecule is CC(C(=O)N1CCN(c2ncnc3ccsc23)CC1)C1CNC1. The van der Waals surface area contributed by atoms with Gasteiger partial charge in [-0.2, -0.15) is 0 Å². The van der Waals surface area contributed by atoms with E-state index in [2.05, 4.69) is 32.5 Å². The second-order valence-electron chi connectivity index (χ2n) is 6.35. The summed E-state index contributed by atoms with van der Waals surface area (Å²) in [5.41, 5.74) is 1.00. The summed E-state index contributed by atoms with van der Waals surface area (Å²) < 4.78 is 1.14. The number of hydrogen-bond donors (Lipinski definition) is 1. The summed E-state index contributed by atoms with van der Waals surface area (Å²) in [6.45, 7) is 7.26. The number of aromatic nitrogens is 2. The second-order valence-corrected chi connectivity index (χ2v) is 7.27. The fraction of sp³-hybridized carbons (Fsp3) is 0.562. The molecule has 1 atom stereocenters. The van der Waals surface area contributed by atoms with Crippen molar-refractivity contribution in [1.82, 2.24) is 20.2 Å². The summed E-state index contributed by atoms with van der Waals surface area (Å²) in [4.78, 5) is 25.7. The quantitative estimate of drug-likeness (QED) is 0.916. The Balaban J connectivity index is 1.42. The minimum atomic E-state index is 0.130. The van der Waals surface area contributed by atoms with Gasteiger partial charge in [-0.3, -0.25) is 4.79 Å². The van der Waals surface area contributed by atoms with Gasteiger partial charge in [-0.25, -0.2) is 9.97 Å². The number of carbonyl (C=O) groups excluding carboxylic acids is 1. The lowest BCUT2D eigenvalue weighted by Crippen LogP contribution is -2.54. The van der Waals surface area contributed by atoms with Crippen LogP contribution in [0.4, 0.5) is 5.82 Å². The van der Waals surface area contributed by atoms with Crippen molar-refractivity contribution in [2.75, 3.05) is 44.2 Å². The van der Waals surface area contributed by atoms with Crippen molar-refractivity contribution in [1.29, 1.82) is 0 Å². The third kappa shape index (κ3) is 2.68. The Bertz CT molecular complexity index is 705. The average molecular weight is 331 g/mol. The first-order valence-electron chi connectivity index (χ1n) is 8.16. The third-order valence-electron chi connectivity index (χ3n) is 5.02. The second kappa shape index (κ2) is 6.05. The lowest BCUT2D eigenvalue weighted by atomic mass is 9.88. The number of carbonyl (C=O) groups is 1. The van der Waals surface area contributed by atoms with Crippen LogP contribution in [0.2, 0.25) is 0 Å². The summed E-state index contributed by atoms with van der Waals surface area (Å²) in [7, 11) is 0. The van der Waals surface area contributed by atoms with Gasteiger partial charge in [-0.15, -0.1) is 11.3 Å². The first-order chi connectivity index (χ1) is 11.2. The predicted molar refractivity (Wildman–Crippen MR) is 91.7 cm³/mol. The molecule has 2 saturated heterocycles. The van der Waals surface area contributed by atoms with E-state index in [4.69, 9.17) is 0 Å². The van der Waals surface area contributed by atoms with E-state index >= 15 is 0 Å². The number of amides is 1. The number of hydrogen-bond acceptors (Lipinski definition) is 6. The molecule has 23 heavy (non-hydrogen) atoms. The zero-order valence-corrected chi connectivity index (χ0v) is 14.1. The maximum atomic E-state index is 12.6. The molecule has 2 aromatic rings. The molecule has 0 bridgehead atoms. The Morgan fingerprint density at radius 1 is 1.30 bits per heavy atom. The van der Waals surface area contributed by atoms with Gasteiger partial charge in [0.15, 0.2) is 0 Å². The zero-order chi connectivity index (χ0) is 15.8. The summed E-state index contributed by atoms with van der Waals surface area (Å²) in [5, 5.41) is 5.30. The van der Waals surface area contributed by atoms with Crippen LogP contribution in [-0.2, 0) is 4.79 Å². The van der Waals surface area contributed by atoms with Crippen LogP contribution in [0.3, 0.4) is 0 Å². The van der Waals surface area contributed by atoms with E-state index in [0.717, 1.165) is 55.3 Å². The normalized spacial score (nSPS) is 20.6. The third-order valence-corrected chi connectivity index (χ3v) is 5.92. The van der Waals surface area contributed by atoms with Crippen LogP contribution in [0, 0.1) is 11.8 Å². The van der Waals surface area contributed by atoms with Gasteiger partial charge in [0.05, 0.1) is 10.2 Å². The van der Waals surface area contributed by atoms with Crippen molar-refractivity contribution in [2.24, 2.45) is 11.8 Å². The van der Waals surface area contributed by atoms with Crippen molar-refractivity contribution in [2.45, 2.75) is 6.92 Å². The smallest absolute Gasteiger partial charge is 0.225 e. The largest absolute Gasteiger partial charge is 0.352 e. The summed E-state index contributed by atoms with van der Waals surface area (Å²) >= 11 is 1.68. The minimum absolute atomic E-state index is 0.130. The average Bonchev–Trinajstić information content (AvgIpc) is 3.01. The monoisotopic (exact) mass is 331 g/mol. The van der Waals surface area contributed by atoms with E-state index in [0.29, 0.717) is 11.8 Å². The van der Waals surface area contributed by atoms with Crippen LogP contribution in [0.1, 0.15) is 6.92 Å². The zero-order valence-electron chi connectivity index (χ0n) is 13.2. The van der Waals surface area contributed by atoms with Crippen LogP contribution in [0.15, 0.2) is 17.8 Å². The molecule has 1 unspecified atom stereocenters. The predicted octanol–water partition coefficient (Wildman–Crippen LogP) is 1.20. The van der Waals surface area contributed by atoms with E-state index in [9.17, 15) is 4.79 Å². The Hall–Kier alpha value is -1.73. The topological polar surface area (TPSA) is 61.4 Å². The molecule has 1 N–H and O–H groups in total. The highest BCUT2D eigenvalue weighted by atomic mass is 32.1. The van der Waals surface area contributed by atoms with Gasteiger partial charge in [0.25, 0.3) is 0 Å². The minimum Gasteiger partial charge on any atom is -0.352 e. The maximum absolute atomic E-state index is 12.6. The van der Waals surface area contributed by atoms with Gasteiger partial charge in [0.1, 0.15) is 12.1 Å². The van der Waals surface area contributed by atoms with E-state index < -0.39 is 0 Å². The van der Waals surface area contributed by atoms with Crippen molar-refractivity contribution in [3.63, 3.8) is 0 Å². The molecule has 0 radical (unpaired) electrons. The fourth-order valence-corrected chi connectivity index (χ4v) is 4.16. The van der Waals surface area contributed by atoms with Gasteiger partial charge in [0, 0.05) is 32.1 Å². The van der Waals surface area contributed by atoms with Crippen molar-refractivity contribution in [3.05, 3.63) is 17.8 Å². The molecule has 4 heterocycles. The lowest BCUT2D eigenvalue weighted by molar-refractivity contribution is -0.137. The molecule has 1 amide bonds. The highest BCUT2D eigenvalue weighted by Crippen LogP contribution is 2.28. The first-order valence-corrected chi connectivity index (χ1v) is 9.04. The van der Waals surface area contributed by atoms with E-state index in [1.54, 1.807) is 17.7 Å². The molecule has 0 aliphatic carbocycles. The number of thiophene rings is 1. The highest BCUT2D eigenvalue weighted by Gasteiger charge is 2.33. The van der Waals surface area contributed by atoms with Gasteiger partial charge in [-0.1, -0.05) is 6.92 Å². The van der Waals surface area contributed by atoms with Crippen LogP contribution in [0.25, 0.3) is 10.2 Å². The molecule has 2 aliphatic rings. The Kier molecular flexibility index (Phi) is 3.90. The number of anilines is 1. The van der Waals surface area contributed by atoms with Crippen LogP contribution >= 0.6 is 11.3 Å². The molecule has 122 valence electrons. The van der Waals surface area contributed by atoms with Gasteiger partial charge < -0.3 is 15.1 Å². The van der Waals surface area contributed by atoms with Crippen molar-refractivity contribution in [3.8, 4) is 0 Å². The molecule has 2 aromatic heterocycles. The van der Waals surface area contributed by atoms with Crippen LogP contribution < -0.4 is 10.2 Å². The molecule has 7 heteroatoms. The summed E-state index contributed by atoms with van der Waals surface area (Å²) in [5.74, 6) is 1.95. The van der Waals surface area contributed by atoms with E-state index in [-0.39, 0.29) is 5.92 Å². The number of nitrogens with zero attached hydrogens (tertiary/aromatic N) is 4. The molecule has 2 fully saturated rings. The van der Waals surface area contributed by atoms with Gasteiger partial charge in [0.2, 0.25) is 5.91 Å². The molecular weight excluding hydrogens is 310 g/mol. The Morgan fingerprint density at radius 3 is 2.78 bits per heavy atom. The molecule has 0 saturated carbocycles. The Labute approximate surface area is 139 Å². The highest BCUT2D eigenvalue weighted by molar-refractivity contribution is 7.17. The molecule has 0 spiro atoms. The molecule has 4 rings (SSSR count). The molecule has 6 nitrogen and oxygen atoms in total. The van der Waals surface area contributed by atoms with Crippen molar-refractivity contribution < 1.29 is 4.79 Å². The molecule has 2 aliphatic heterocycles. The number of piperazine rings is 1. The van der Waals surface area contributed by atoms with Crippen LogP contribution in [-0.4, -0.2) is 60.0 Å². The van der Waals surface area contributed by atoms with E-state index in [1.165, 1.54) is 0 Å². The van der Waals surface area contributed by atoms with Crippen molar-refractivity contribution >= 4 is 33.3 Å². The summed E-state index contributed by atoms with van der Waals surface area (Å²) in [6.07, 6.45) is 1.63. The van der Waals surface area contributed by atoms with Crippen LogP contribution in [0.5, 0.6) is 0 Å². The Morgan fingerprint density at radius 2 is 2.09 bits per heavy atom. The maximum Gasteiger partial charge on any atom is 0.225 e. The lowest BCUT2D eigenvalue weighted by Gasteiger charge is -2.39. The van der Waals surface area contributed by atoms with Gasteiger partial charge >= 0.3 is 0 Å². The fourth-order valence-electron chi connectivity index (χ4n) is 3.29. The van der Waals surface area contributed by atoms with Gasteiger partial charge in [-0.05, 0) is 30.5 Å². The standard InChI is InChI=1S/C16H21N5OS/c1-11(12-8-17-9-12)16(22)21-5-3-20(4-6-21)15-14-13(2-7-23-14)18-10-19-15/h2,7,10-12,17H,3-6,8-9H2,1H3. The number of rotatable bonds is 3. The molecule has 0 aromatic carbocycles. The number of fused-ring (bicyclic) bond motifs is 1. The summed E-state index contributed by atoms with van der Waals surface area (Å²) in [6, 6.07) is 2.03. The first kappa shape index (κ1) is 14.8. The van der Waals surface area contributed by atoms with E-state index in [1.807, 2.05) is 11.0 Å². The number of nitrogens with one attached hydrogen (secondary N) is 1.